The summed E-state index contributed by atoms with van der Waals surface area (Å²) in [5, 5.41) is 49.4. The van der Waals surface area contributed by atoms with Crippen molar-refractivity contribution in [2.24, 2.45) is 47.3 Å². The predicted molar refractivity (Wildman–Crippen MR) is 572 cm³/mol. The quantitative estimate of drug-likeness (QED) is 0.0201. The van der Waals surface area contributed by atoms with E-state index in [1.54, 1.807) is 0 Å². The molecule has 16 rings (SSSR count). The Balaban J connectivity index is 0.000000223. The van der Waals surface area contributed by atoms with E-state index >= 15 is 0 Å². The number of benzene rings is 12. The number of nitrogens with zero attached hydrogens (tertiary/aromatic N) is 1. The van der Waals surface area contributed by atoms with E-state index in [9.17, 15) is 5.11 Å². The maximum Gasteiger partial charge on any atom is 0.0775 e. The first-order valence-corrected chi connectivity index (χ1v) is 49.7. The Kier molecular flexibility index (Phi) is 55.0. The van der Waals surface area contributed by atoms with E-state index in [2.05, 4.69) is 452 Å². The molecule has 0 saturated heterocycles. The summed E-state index contributed by atoms with van der Waals surface area (Å²) in [5.74, 6) is 5.92. The first-order valence-electron chi connectivity index (χ1n) is 49.7. The Morgan fingerprint density at radius 2 is 0.623 bits per heavy atom. The van der Waals surface area contributed by atoms with Gasteiger partial charge in [-0.3, -0.25) is 4.98 Å². The second kappa shape index (κ2) is 65.3. The molecular formula is C120H171N9O. The van der Waals surface area contributed by atoms with E-state index < -0.39 is 0 Å². The van der Waals surface area contributed by atoms with E-state index in [0.717, 1.165) is 145 Å². The van der Waals surface area contributed by atoms with Crippen molar-refractivity contribution < 1.29 is 5.11 Å². The summed E-state index contributed by atoms with van der Waals surface area (Å²) in [4.78, 5) is 4.38. The van der Waals surface area contributed by atoms with Gasteiger partial charge in [0.2, 0.25) is 0 Å². The third-order valence-corrected chi connectivity index (χ3v) is 22.3. The van der Waals surface area contributed by atoms with Gasteiger partial charge in [0, 0.05) is 30.1 Å². The van der Waals surface area contributed by atoms with Crippen LogP contribution < -0.4 is 42.5 Å². The molecule has 1 aromatic heterocycles. The first kappa shape index (κ1) is 109. The number of aliphatic hydroxyl groups excluding tert-OH is 1. The Bertz CT molecular complexity index is 4560. The van der Waals surface area contributed by atoms with Gasteiger partial charge in [-0.25, -0.2) is 0 Å². The minimum Gasteiger partial charge on any atom is -0.391 e. The van der Waals surface area contributed by atoms with Crippen LogP contribution in [-0.4, -0.2) is 107 Å². The number of aliphatic hydroxyl groups is 1. The summed E-state index contributed by atoms with van der Waals surface area (Å²) < 4.78 is 0. The summed E-state index contributed by atoms with van der Waals surface area (Å²) in [6.07, 6.45) is 12.0. The molecule has 702 valence electrons. The third-order valence-electron chi connectivity index (χ3n) is 22.3. The smallest absolute Gasteiger partial charge is 0.0775 e. The molecule has 0 fully saturated rings. The molecule has 13 aromatic rings. The number of aromatic nitrogens is 1. The molecule has 3 aliphatic carbocycles. The number of hydrogen-bond donors (Lipinski definition) is 9. The summed E-state index contributed by atoms with van der Waals surface area (Å²) in [5.41, 5.74) is 12.6. The van der Waals surface area contributed by atoms with Gasteiger partial charge in [-0.1, -0.05) is 411 Å². The van der Waals surface area contributed by atoms with Gasteiger partial charge in [-0.05, 0) is 284 Å². The largest absolute Gasteiger partial charge is 0.391 e. The molecule has 3 unspecified atom stereocenters. The highest BCUT2D eigenvalue weighted by molar-refractivity contribution is 5.86. The van der Waals surface area contributed by atoms with Crippen molar-refractivity contribution in [3.05, 3.63) is 342 Å². The zero-order valence-corrected chi connectivity index (χ0v) is 83.7. The maximum atomic E-state index is 9.96. The number of nitrogens with one attached hydrogen (secondary N) is 8. The van der Waals surface area contributed by atoms with E-state index in [4.69, 9.17) is 0 Å². The fraction of sp³-hybridized carbons (Fsp3) is 0.442. The van der Waals surface area contributed by atoms with Crippen molar-refractivity contribution >= 4 is 54.0 Å². The molecule has 0 spiro atoms. The molecule has 10 nitrogen and oxygen atoms in total. The number of fused-ring (bicyclic) bond motifs is 8. The van der Waals surface area contributed by atoms with Crippen molar-refractivity contribution in [3.63, 3.8) is 0 Å². The van der Waals surface area contributed by atoms with Gasteiger partial charge >= 0.3 is 0 Å². The van der Waals surface area contributed by atoms with Crippen LogP contribution in [0.4, 0.5) is 0 Å². The number of pyridine rings is 1. The second-order valence-corrected chi connectivity index (χ2v) is 38.3. The molecule has 0 bridgehead atoms. The van der Waals surface area contributed by atoms with Crippen LogP contribution in [0.3, 0.4) is 0 Å². The highest BCUT2D eigenvalue weighted by Gasteiger charge is 2.30. The van der Waals surface area contributed by atoms with Crippen molar-refractivity contribution in [2.75, 3.05) is 85.1 Å². The third kappa shape index (κ3) is 44.8. The number of aryl methyl sites for hydroxylation is 1. The Labute approximate surface area is 789 Å². The van der Waals surface area contributed by atoms with E-state index in [1.807, 2.05) is 24.4 Å². The molecule has 3 atom stereocenters. The molecule has 0 aliphatic heterocycles. The van der Waals surface area contributed by atoms with E-state index in [0.29, 0.717) is 23.9 Å². The van der Waals surface area contributed by atoms with Crippen LogP contribution in [0.2, 0.25) is 0 Å². The van der Waals surface area contributed by atoms with Gasteiger partial charge in [0.1, 0.15) is 0 Å². The van der Waals surface area contributed by atoms with Crippen molar-refractivity contribution in [1.29, 1.82) is 0 Å². The molecule has 12 aromatic carbocycles. The minimum atomic E-state index is -0.263. The van der Waals surface area contributed by atoms with Crippen LogP contribution in [-0.2, 0) is 38.5 Å². The van der Waals surface area contributed by atoms with E-state index in [-0.39, 0.29) is 12.1 Å². The normalized spacial score (nSPS) is 13.8. The monoisotopic (exact) mass is 1750 g/mol. The predicted octanol–water partition coefficient (Wildman–Crippen LogP) is 26.9. The van der Waals surface area contributed by atoms with Gasteiger partial charge in [0.15, 0.2) is 0 Å². The zero-order chi connectivity index (χ0) is 93.9. The lowest BCUT2D eigenvalue weighted by Gasteiger charge is -2.19. The lowest BCUT2D eigenvalue weighted by Crippen LogP contribution is -2.32. The fourth-order valence-corrected chi connectivity index (χ4v) is 15.5. The standard InChI is InChI=1S/C16H21N.C15H20N2.C13H19NO.2C13H19N.3C10H8.2C7H17N.C6H15N/c1-13(2)12-17-11-10-15-8-5-7-14-6-3-4-9-16(14)15;1-12(2)11-16-10-8-13-5-3-7-15-14(13)6-4-9-17-15;1-9(2)8-14-13-11-6-4-3-5-10(11)7-12(13)15;1-10(2)9-14-13-7-11-5-3-4-6-12(11)8-13;1-10(2)9-14-13-8-7-11-5-3-4-6-12(11)13;3*1-2-6-10-8-4-3-7-9(10)5-1;2*1-4-5-8-6-7(2)3;1-4-7-5-6(2)3/h3-9,13,17H,10-12H2,1-2H3;3-7,9,12,16H,8,10-11H2,1-2H3;3-6,9,12-15H,7-8H2,1-2H3;2*3-6,10,13-14H,7-9H2,1-2H3;3*1-8H;2*7-8H,4-6H2,1-3H3;6-7H,4-5H2,1-3H3. The lowest BCUT2D eigenvalue weighted by atomic mass is 10.0. The molecule has 0 saturated carbocycles. The minimum absolute atomic E-state index is 0.128. The van der Waals surface area contributed by atoms with Crippen LogP contribution >= 0.6 is 0 Å². The molecule has 10 heteroatoms. The summed E-state index contributed by atoms with van der Waals surface area (Å²) in [7, 11) is 0. The number of rotatable bonds is 30. The first-order chi connectivity index (χ1) is 63.0. The van der Waals surface area contributed by atoms with Gasteiger partial charge in [0.25, 0.3) is 0 Å². The molecule has 0 amide bonds. The van der Waals surface area contributed by atoms with Gasteiger partial charge in [-0.15, -0.1) is 0 Å². The molecular weight excluding hydrogens is 1580 g/mol. The molecule has 9 N–H and O–H groups in total. The summed E-state index contributed by atoms with van der Waals surface area (Å²) >= 11 is 0. The average molecular weight is 1760 g/mol. The SMILES string of the molecule is CC(C)CNC1CCc2ccccc21.CC(C)CNC1Cc2ccccc2C1.CC(C)CNC1c2ccccc2CC1O.CC(C)CNCCc1cccc2ccccc12.CC(C)CNCCc1cccc2ncccc12.CCCNCC(C)C.CCCNCC(C)C.CCNCC(C)C.c1ccc2ccccc2c1.c1ccc2ccccc2c1.c1ccc2ccccc2c1. The number of hydrogen-bond acceptors (Lipinski definition) is 10. The van der Waals surface area contributed by atoms with Crippen molar-refractivity contribution in [2.45, 2.75) is 214 Å². The fourth-order valence-electron chi connectivity index (χ4n) is 15.5. The highest BCUT2D eigenvalue weighted by atomic mass is 16.3. The Hall–Kier alpha value is -9.27. The van der Waals surface area contributed by atoms with Gasteiger partial charge < -0.3 is 47.6 Å². The van der Waals surface area contributed by atoms with Crippen molar-refractivity contribution in [3.8, 4) is 0 Å². The highest BCUT2D eigenvalue weighted by Crippen LogP contribution is 2.33. The van der Waals surface area contributed by atoms with E-state index in [1.165, 1.54) is 132 Å². The molecule has 130 heavy (non-hydrogen) atoms. The molecule has 1 heterocycles. The van der Waals surface area contributed by atoms with Crippen molar-refractivity contribution in [1.82, 2.24) is 47.5 Å². The van der Waals surface area contributed by atoms with Crippen LogP contribution in [0.5, 0.6) is 0 Å². The summed E-state index contributed by atoms with van der Waals surface area (Å²) in [6.45, 7) is 56.6. The summed E-state index contributed by atoms with van der Waals surface area (Å²) in [6, 6.07) is 103. The lowest BCUT2D eigenvalue weighted by molar-refractivity contribution is 0.139. The Morgan fingerprint density at radius 1 is 0.292 bits per heavy atom. The van der Waals surface area contributed by atoms with Gasteiger partial charge in [0.05, 0.1) is 17.7 Å². The van der Waals surface area contributed by atoms with Crippen LogP contribution in [0.1, 0.15) is 207 Å². The Morgan fingerprint density at radius 3 is 1.04 bits per heavy atom. The maximum absolute atomic E-state index is 9.96. The zero-order valence-electron chi connectivity index (χ0n) is 83.7. The second-order valence-electron chi connectivity index (χ2n) is 38.3. The van der Waals surface area contributed by atoms with Crippen LogP contribution in [0.25, 0.3) is 54.0 Å². The topological polar surface area (TPSA) is 129 Å². The average Bonchev–Trinajstić information content (AvgIpc) is 1.70. The molecule has 0 radical (unpaired) electrons. The van der Waals surface area contributed by atoms with Gasteiger partial charge in [-0.2, -0.15) is 0 Å². The van der Waals surface area contributed by atoms with Crippen LogP contribution in [0.15, 0.2) is 297 Å². The molecule has 3 aliphatic rings. The van der Waals surface area contributed by atoms with Crippen LogP contribution in [0, 0.1) is 47.3 Å².